The molecule has 1 rings (SSSR count). The molecule has 15 heavy (non-hydrogen) atoms. The van der Waals surface area contributed by atoms with E-state index in [0.717, 1.165) is 11.3 Å². The molecule has 1 heterocycles. The van der Waals surface area contributed by atoms with Gasteiger partial charge in [-0.2, -0.15) is 0 Å². The number of hydrogen-bond donors (Lipinski definition) is 2. The Labute approximate surface area is 88.2 Å². The predicted octanol–water partition coefficient (Wildman–Crippen LogP) is -0.337. The molecule has 0 atom stereocenters. The fourth-order valence-corrected chi connectivity index (χ4v) is 1.31. The predicted molar refractivity (Wildman–Crippen MR) is 51.8 cm³/mol. The van der Waals surface area contributed by atoms with E-state index in [9.17, 15) is 14.9 Å². The molecule has 0 aromatic carbocycles. The van der Waals surface area contributed by atoms with Gasteiger partial charge in [-0.15, -0.1) is 21.5 Å². The molecule has 3 N–H and O–H groups in total. The number of nitrogen functional groups attached to an aromatic ring is 1. The van der Waals surface area contributed by atoms with Crippen LogP contribution in [0.5, 0.6) is 0 Å². The lowest BCUT2D eigenvalue weighted by atomic mass is 10.4. The molecule has 1 aromatic rings. The molecule has 82 valence electrons. The van der Waals surface area contributed by atoms with Crippen LogP contribution in [0.15, 0.2) is 5.38 Å². The summed E-state index contributed by atoms with van der Waals surface area (Å²) in [5, 5.41) is 13.0. The van der Waals surface area contributed by atoms with Crippen LogP contribution in [0.25, 0.3) is 0 Å². The molecule has 0 aliphatic heterocycles. The molecule has 0 aliphatic carbocycles. The summed E-state index contributed by atoms with van der Waals surface area (Å²) in [7, 11) is 0. The number of aromatic nitrogens is 1. The van der Waals surface area contributed by atoms with Gasteiger partial charge in [0.1, 0.15) is 12.3 Å². The number of hydrogen-bond acceptors (Lipinski definition) is 7. The normalized spacial score (nSPS) is 9.60. The first-order chi connectivity index (χ1) is 7.09. The topological polar surface area (TPSA) is 120 Å². The summed E-state index contributed by atoms with van der Waals surface area (Å²) in [6, 6.07) is 0. The third-order valence-electron chi connectivity index (χ3n) is 1.34. The second-order valence-corrected chi connectivity index (χ2v) is 3.27. The largest absolute Gasteiger partial charge is 0.375 e. The van der Waals surface area contributed by atoms with Gasteiger partial charge in [0.2, 0.25) is 0 Å². The van der Waals surface area contributed by atoms with Crippen molar-refractivity contribution in [1.82, 2.24) is 10.3 Å². The number of nitrogens with one attached hydrogen (secondary N) is 1. The van der Waals surface area contributed by atoms with E-state index in [0.29, 0.717) is 5.13 Å². The van der Waals surface area contributed by atoms with Crippen LogP contribution in [-0.4, -0.2) is 29.1 Å². The van der Waals surface area contributed by atoms with Gasteiger partial charge in [-0.3, -0.25) is 4.79 Å². The van der Waals surface area contributed by atoms with Crippen molar-refractivity contribution in [3.63, 3.8) is 0 Å². The second kappa shape index (κ2) is 5.10. The second-order valence-electron chi connectivity index (χ2n) is 2.38. The summed E-state index contributed by atoms with van der Waals surface area (Å²) in [6.07, 6.45) is 0. The molecule has 0 bridgehead atoms. The Kier molecular flexibility index (Phi) is 3.80. The smallest absolute Gasteiger partial charge is 0.294 e. The van der Waals surface area contributed by atoms with Gasteiger partial charge in [-0.1, -0.05) is 0 Å². The minimum Gasteiger partial charge on any atom is -0.375 e. The van der Waals surface area contributed by atoms with Crippen LogP contribution in [0.3, 0.4) is 0 Å². The Hall–Kier alpha value is -1.90. The molecular formula is C6H8N4O4S. The lowest BCUT2D eigenvalue weighted by Gasteiger charge is -2.01. The summed E-state index contributed by atoms with van der Waals surface area (Å²) in [5.41, 5.74) is 5.52. The molecule has 0 saturated heterocycles. The zero-order valence-corrected chi connectivity index (χ0v) is 8.32. The van der Waals surface area contributed by atoms with Gasteiger partial charge in [-0.25, -0.2) is 4.98 Å². The van der Waals surface area contributed by atoms with Gasteiger partial charge in [0.15, 0.2) is 5.13 Å². The van der Waals surface area contributed by atoms with Gasteiger partial charge in [-0.05, 0) is 0 Å². The number of amides is 1. The highest BCUT2D eigenvalue weighted by Gasteiger charge is 2.08. The molecule has 0 radical (unpaired) electrons. The average Bonchev–Trinajstić information content (AvgIpc) is 2.59. The van der Waals surface area contributed by atoms with Gasteiger partial charge >= 0.3 is 0 Å². The van der Waals surface area contributed by atoms with E-state index in [-0.39, 0.29) is 18.8 Å². The molecule has 1 amide bonds. The standard InChI is InChI=1S/C6H8N4O4S/c7-6-9-4(3-15-6)5(11)8-1-2-14-10(12)13/h3H,1-2H2,(H2,7,9)(H,8,11). The third-order valence-corrected chi connectivity index (χ3v) is 2.01. The van der Waals surface area contributed by atoms with Crippen molar-refractivity contribution in [1.29, 1.82) is 0 Å². The van der Waals surface area contributed by atoms with E-state index in [1.165, 1.54) is 5.38 Å². The minimum atomic E-state index is -0.924. The maximum absolute atomic E-state index is 11.3. The fraction of sp³-hybridized carbons (Fsp3) is 0.333. The number of carbonyl (C=O) groups excluding carboxylic acids is 1. The highest BCUT2D eigenvalue weighted by molar-refractivity contribution is 7.13. The summed E-state index contributed by atoms with van der Waals surface area (Å²) >= 11 is 1.14. The molecule has 9 heteroatoms. The Morgan fingerprint density at radius 3 is 3.07 bits per heavy atom. The molecule has 0 aliphatic rings. The molecule has 0 spiro atoms. The van der Waals surface area contributed by atoms with Crippen LogP contribution < -0.4 is 11.1 Å². The molecule has 8 nitrogen and oxygen atoms in total. The van der Waals surface area contributed by atoms with E-state index in [1.807, 2.05) is 0 Å². The summed E-state index contributed by atoms with van der Waals surface area (Å²) in [4.78, 5) is 28.7. The SMILES string of the molecule is Nc1nc(C(=O)NCCO[N+](=O)[O-])cs1. The van der Waals surface area contributed by atoms with Crippen LogP contribution in [0.4, 0.5) is 5.13 Å². The maximum atomic E-state index is 11.3. The van der Waals surface area contributed by atoms with Crippen molar-refractivity contribution in [3.05, 3.63) is 21.2 Å². The van der Waals surface area contributed by atoms with Crippen LogP contribution in [0.2, 0.25) is 0 Å². The van der Waals surface area contributed by atoms with Gasteiger partial charge in [0.25, 0.3) is 11.0 Å². The van der Waals surface area contributed by atoms with Crippen LogP contribution in [0.1, 0.15) is 10.5 Å². The highest BCUT2D eigenvalue weighted by atomic mass is 32.1. The Morgan fingerprint density at radius 1 is 1.80 bits per heavy atom. The maximum Gasteiger partial charge on any atom is 0.294 e. The van der Waals surface area contributed by atoms with Crippen molar-refractivity contribution in [2.24, 2.45) is 0 Å². The molecule has 0 fully saturated rings. The van der Waals surface area contributed by atoms with Crippen molar-refractivity contribution in [2.45, 2.75) is 0 Å². The highest BCUT2D eigenvalue weighted by Crippen LogP contribution is 2.10. The lowest BCUT2D eigenvalue weighted by molar-refractivity contribution is -0.757. The number of thiazole rings is 1. The first-order valence-corrected chi connectivity index (χ1v) is 4.74. The Balaban J connectivity index is 2.28. The van der Waals surface area contributed by atoms with E-state index >= 15 is 0 Å². The third kappa shape index (κ3) is 3.77. The van der Waals surface area contributed by atoms with Crippen LogP contribution in [-0.2, 0) is 4.84 Å². The van der Waals surface area contributed by atoms with Crippen LogP contribution >= 0.6 is 11.3 Å². The van der Waals surface area contributed by atoms with Gasteiger partial charge in [0, 0.05) is 11.9 Å². The average molecular weight is 232 g/mol. The monoisotopic (exact) mass is 232 g/mol. The van der Waals surface area contributed by atoms with Crippen molar-refractivity contribution >= 4 is 22.4 Å². The Bertz CT molecular complexity index is 366. The van der Waals surface area contributed by atoms with E-state index < -0.39 is 11.0 Å². The van der Waals surface area contributed by atoms with Crippen LogP contribution in [0, 0.1) is 10.1 Å². The fourth-order valence-electron chi connectivity index (χ4n) is 0.767. The first-order valence-electron chi connectivity index (χ1n) is 3.86. The van der Waals surface area contributed by atoms with E-state index in [4.69, 9.17) is 5.73 Å². The van der Waals surface area contributed by atoms with Crippen molar-refractivity contribution in [3.8, 4) is 0 Å². The number of anilines is 1. The van der Waals surface area contributed by atoms with Gasteiger partial charge in [0.05, 0.1) is 0 Å². The first kappa shape index (κ1) is 11.2. The summed E-state index contributed by atoms with van der Waals surface area (Å²) < 4.78 is 0. The molecular weight excluding hydrogens is 224 g/mol. The number of nitrogens with two attached hydrogens (primary N) is 1. The van der Waals surface area contributed by atoms with E-state index in [2.05, 4.69) is 15.1 Å². The molecule has 1 aromatic heterocycles. The minimum absolute atomic E-state index is 0.0389. The lowest BCUT2D eigenvalue weighted by Crippen LogP contribution is -2.28. The van der Waals surface area contributed by atoms with Crippen molar-refractivity contribution < 1.29 is 14.7 Å². The van der Waals surface area contributed by atoms with Gasteiger partial charge < -0.3 is 15.9 Å². The Morgan fingerprint density at radius 2 is 2.53 bits per heavy atom. The number of nitrogens with zero attached hydrogens (tertiary/aromatic N) is 2. The summed E-state index contributed by atoms with van der Waals surface area (Å²) in [5.74, 6) is -0.435. The molecule has 0 saturated carbocycles. The number of rotatable bonds is 5. The van der Waals surface area contributed by atoms with Crippen molar-refractivity contribution in [2.75, 3.05) is 18.9 Å². The quantitative estimate of drug-likeness (QED) is 0.407. The van der Waals surface area contributed by atoms with E-state index in [1.54, 1.807) is 0 Å². The molecule has 0 unspecified atom stereocenters. The summed E-state index contributed by atoms with van der Waals surface area (Å²) in [6.45, 7) is -0.157. The number of carbonyl (C=O) groups is 1. The zero-order valence-electron chi connectivity index (χ0n) is 7.50. The zero-order chi connectivity index (χ0) is 11.3.